The number of methoxy groups -OCH3 is 1. The number of aliphatic carboxylic acids is 1. The van der Waals surface area contributed by atoms with Crippen LogP contribution in [0.5, 0.6) is 0 Å². The first kappa shape index (κ1) is 21.9. The van der Waals surface area contributed by atoms with Gasteiger partial charge in [-0.3, -0.25) is 14.9 Å². The highest BCUT2D eigenvalue weighted by atomic mass is 32.2. The molecule has 144 valence electrons. The van der Waals surface area contributed by atoms with Crippen molar-refractivity contribution in [3.05, 3.63) is 33.9 Å². The summed E-state index contributed by atoms with van der Waals surface area (Å²) < 4.78 is 4.84. The van der Waals surface area contributed by atoms with Gasteiger partial charge in [0, 0.05) is 18.7 Å². The third-order valence-corrected chi connectivity index (χ3v) is 4.76. The van der Waals surface area contributed by atoms with Gasteiger partial charge in [-0.2, -0.15) is 0 Å². The number of carbonyl (C=O) groups excluding carboxylic acids is 1. The number of hydrogen-bond donors (Lipinski definition) is 2. The van der Waals surface area contributed by atoms with Crippen LogP contribution in [0.3, 0.4) is 0 Å². The van der Waals surface area contributed by atoms with Gasteiger partial charge in [-0.05, 0) is 37.1 Å². The van der Waals surface area contributed by atoms with Gasteiger partial charge in [0.05, 0.1) is 16.4 Å². The molecule has 1 atom stereocenters. The summed E-state index contributed by atoms with van der Waals surface area (Å²) >= 11 is 1.36. The van der Waals surface area contributed by atoms with Crippen molar-refractivity contribution in [3.8, 4) is 0 Å². The minimum absolute atomic E-state index is 0.0217. The van der Waals surface area contributed by atoms with E-state index in [4.69, 9.17) is 4.74 Å². The van der Waals surface area contributed by atoms with E-state index in [2.05, 4.69) is 19.2 Å². The van der Waals surface area contributed by atoms with Crippen LogP contribution in [-0.4, -0.2) is 46.9 Å². The van der Waals surface area contributed by atoms with Gasteiger partial charge in [0.15, 0.2) is 5.54 Å². The lowest BCUT2D eigenvalue weighted by molar-refractivity contribution is -0.387. The number of nitrogens with one attached hydrogen (secondary N) is 1. The van der Waals surface area contributed by atoms with Crippen LogP contribution in [0.2, 0.25) is 0 Å². The number of carboxylic acid groups (broad SMARTS) is 1. The Hall–Kier alpha value is -2.13. The molecule has 8 nitrogen and oxygen atoms in total. The summed E-state index contributed by atoms with van der Waals surface area (Å²) in [5.74, 6) is -0.757. The number of rotatable bonds is 10. The third kappa shape index (κ3) is 5.99. The van der Waals surface area contributed by atoms with E-state index in [0.717, 1.165) is 12.2 Å². The number of nitro benzene ring substituents is 1. The van der Waals surface area contributed by atoms with Crippen LogP contribution in [0.1, 0.15) is 37.6 Å². The van der Waals surface area contributed by atoms with Gasteiger partial charge in [-0.25, -0.2) is 4.79 Å². The number of thioether (sulfide) groups is 1. The number of hydrogen-bond acceptors (Lipinski definition) is 6. The van der Waals surface area contributed by atoms with Crippen molar-refractivity contribution in [2.45, 2.75) is 37.6 Å². The Labute approximate surface area is 156 Å². The molecule has 0 heterocycles. The monoisotopic (exact) mass is 384 g/mol. The number of nitro groups is 1. The lowest BCUT2D eigenvalue weighted by atomic mass is 10.0. The molecule has 0 fully saturated rings. The molecule has 0 radical (unpaired) electrons. The van der Waals surface area contributed by atoms with E-state index in [1.807, 2.05) is 0 Å². The molecule has 0 saturated carbocycles. The maximum atomic E-state index is 12.4. The number of nitrogens with zero attached hydrogens (tertiary/aromatic N) is 1. The first-order chi connectivity index (χ1) is 12.1. The first-order valence-corrected chi connectivity index (χ1v) is 9.05. The molecule has 0 aromatic heterocycles. The lowest BCUT2D eigenvalue weighted by Crippen LogP contribution is -2.55. The highest BCUT2D eigenvalue weighted by molar-refractivity contribution is 7.99. The van der Waals surface area contributed by atoms with Crippen LogP contribution in [0.25, 0.3) is 0 Å². The highest BCUT2D eigenvalue weighted by Crippen LogP contribution is 2.31. The van der Waals surface area contributed by atoms with Crippen LogP contribution in [0.15, 0.2) is 23.1 Å². The van der Waals surface area contributed by atoms with Crippen LogP contribution in [-0.2, 0) is 9.53 Å². The third-order valence-electron chi connectivity index (χ3n) is 3.67. The lowest BCUT2D eigenvalue weighted by Gasteiger charge is -2.25. The molecule has 0 aliphatic rings. The Morgan fingerprint density at radius 3 is 2.58 bits per heavy atom. The van der Waals surface area contributed by atoms with Crippen LogP contribution >= 0.6 is 11.8 Å². The zero-order valence-electron chi connectivity index (χ0n) is 15.3. The summed E-state index contributed by atoms with van der Waals surface area (Å²) in [7, 11) is 1.32. The molecule has 1 rings (SSSR count). The van der Waals surface area contributed by atoms with Crippen molar-refractivity contribution < 1.29 is 24.4 Å². The second-order valence-corrected chi connectivity index (χ2v) is 7.63. The fourth-order valence-electron chi connectivity index (χ4n) is 2.09. The number of carboxylic acids is 1. The first-order valence-electron chi connectivity index (χ1n) is 8.06. The molecule has 2 N–H and O–H groups in total. The van der Waals surface area contributed by atoms with E-state index in [0.29, 0.717) is 10.8 Å². The van der Waals surface area contributed by atoms with Gasteiger partial charge in [0.1, 0.15) is 0 Å². The minimum atomic E-state index is -1.63. The highest BCUT2D eigenvalue weighted by Gasteiger charge is 2.35. The Balaban J connectivity index is 3.03. The summed E-state index contributed by atoms with van der Waals surface area (Å²) in [5, 5.41) is 23.0. The van der Waals surface area contributed by atoms with Gasteiger partial charge in [0.25, 0.3) is 11.6 Å². The summed E-state index contributed by atoms with van der Waals surface area (Å²) in [6.45, 7) is 5.21. The molecule has 0 aliphatic carbocycles. The Bertz CT molecular complexity index is 679. The second kappa shape index (κ2) is 9.54. The summed E-state index contributed by atoms with van der Waals surface area (Å²) in [5.41, 5.74) is -1.78. The Kier molecular flexibility index (Phi) is 8.04. The molecular formula is C17H24N2O6S. The summed E-state index contributed by atoms with van der Waals surface area (Å²) in [6, 6.07) is 4.14. The van der Waals surface area contributed by atoms with Gasteiger partial charge in [-0.1, -0.05) is 13.8 Å². The van der Waals surface area contributed by atoms with E-state index in [1.54, 1.807) is 0 Å². The van der Waals surface area contributed by atoms with Crippen LogP contribution in [0, 0.1) is 16.0 Å². The van der Waals surface area contributed by atoms with E-state index in [9.17, 15) is 24.8 Å². The predicted octanol–water partition coefficient (Wildman–Crippen LogP) is 2.95. The molecule has 1 aromatic rings. The maximum Gasteiger partial charge on any atom is 0.331 e. The number of benzene rings is 1. The SMILES string of the molecule is COCC(C)(NC(=O)c1ccc(SCCC(C)C)c([N+](=O)[O-])c1)C(=O)O. The van der Waals surface area contributed by atoms with Crippen LogP contribution < -0.4 is 5.32 Å². The zero-order valence-corrected chi connectivity index (χ0v) is 16.1. The normalized spacial score (nSPS) is 13.3. The molecule has 0 aliphatic heterocycles. The van der Waals surface area contributed by atoms with E-state index in [-0.39, 0.29) is 17.9 Å². The quantitative estimate of drug-likeness (QED) is 0.361. The average Bonchev–Trinajstić information content (AvgIpc) is 2.54. The van der Waals surface area contributed by atoms with E-state index < -0.39 is 22.3 Å². The van der Waals surface area contributed by atoms with Gasteiger partial charge in [0.2, 0.25) is 0 Å². The van der Waals surface area contributed by atoms with Gasteiger partial charge < -0.3 is 15.2 Å². The molecule has 1 unspecified atom stereocenters. The van der Waals surface area contributed by atoms with Crippen molar-refractivity contribution in [1.29, 1.82) is 0 Å². The average molecular weight is 384 g/mol. The molecule has 1 amide bonds. The maximum absolute atomic E-state index is 12.4. The van der Waals surface area contributed by atoms with Crippen LogP contribution in [0.4, 0.5) is 5.69 Å². The molecule has 1 aromatic carbocycles. The number of carbonyl (C=O) groups is 2. The topological polar surface area (TPSA) is 119 Å². The largest absolute Gasteiger partial charge is 0.479 e. The molecule has 0 saturated heterocycles. The van der Waals surface area contributed by atoms with E-state index in [1.165, 1.54) is 44.0 Å². The van der Waals surface area contributed by atoms with Crippen molar-refractivity contribution in [2.75, 3.05) is 19.5 Å². The smallest absolute Gasteiger partial charge is 0.331 e. The summed E-state index contributed by atoms with van der Waals surface area (Å²) in [6.07, 6.45) is 0.915. The van der Waals surface area contributed by atoms with Crippen molar-refractivity contribution >= 4 is 29.3 Å². The fourth-order valence-corrected chi connectivity index (χ4v) is 3.35. The minimum Gasteiger partial charge on any atom is -0.479 e. The molecule has 26 heavy (non-hydrogen) atoms. The Morgan fingerprint density at radius 1 is 1.42 bits per heavy atom. The van der Waals surface area contributed by atoms with E-state index >= 15 is 0 Å². The molecule has 0 spiro atoms. The number of ether oxygens (including phenoxy) is 1. The Morgan fingerprint density at radius 2 is 2.08 bits per heavy atom. The fraction of sp³-hybridized carbons (Fsp3) is 0.529. The zero-order chi connectivity index (χ0) is 19.9. The molecular weight excluding hydrogens is 360 g/mol. The van der Waals surface area contributed by atoms with Crippen molar-refractivity contribution in [3.63, 3.8) is 0 Å². The standard InChI is InChI=1S/C17H24N2O6S/c1-11(2)7-8-26-14-6-5-12(9-13(14)19(23)24)15(20)18-17(3,10-25-4)16(21)22/h5-6,9,11H,7-8,10H2,1-4H3,(H,18,20)(H,21,22). The molecule has 9 heteroatoms. The summed E-state index contributed by atoms with van der Waals surface area (Å²) in [4.78, 5) is 35.0. The van der Waals surface area contributed by atoms with Crippen molar-refractivity contribution in [2.24, 2.45) is 5.92 Å². The molecule has 0 bridgehead atoms. The van der Waals surface area contributed by atoms with Gasteiger partial charge in [-0.15, -0.1) is 11.8 Å². The number of amides is 1. The second-order valence-electron chi connectivity index (χ2n) is 6.49. The predicted molar refractivity (Wildman–Crippen MR) is 98.7 cm³/mol. The van der Waals surface area contributed by atoms with Gasteiger partial charge >= 0.3 is 5.97 Å². The van der Waals surface area contributed by atoms with Crippen molar-refractivity contribution in [1.82, 2.24) is 5.32 Å².